The predicted molar refractivity (Wildman–Crippen MR) is 73.5 cm³/mol. The minimum absolute atomic E-state index is 0.282. The Labute approximate surface area is 110 Å². The first-order valence-electron chi connectivity index (χ1n) is 7.48. The second kappa shape index (κ2) is 6.93. The first-order valence-corrected chi connectivity index (χ1v) is 7.48. The zero-order chi connectivity index (χ0) is 12.8. The van der Waals surface area contributed by atoms with Crippen LogP contribution in [-0.4, -0.2) is 21.5 Å². The molecule has 1 atom stereocenters. The maximum Gasteiger partial charge on any atom is 0.0628 e. The highest BCUT2D eigenvalue weighted by molar-refractivity contribution is 5.01. The monoisotopic (exact) mass is 250 g/mol. The van der Waals surface area contributed by atoms with E-state index in [0.29, 0.717) is 12.0 Å². The fraction of sp³-hybridized carbons (Fsp3) is 0.800. The fourth-order valence-corrected chi connectivity index (χ4v) is 3.00. The summed E-state index contributed by atoms with van der Waals surface area (Å²) in [6.07, 6.45) is 11.9. The molecular formula is C15H26N2O. The van der Waals surface area contributed by atoms with Gasteiger partial charge < -0.3 is 5.11 Å². The zero-order valence-corrected chi connectivity index (χ0v) is 11.5. The van der Waals surface area contributed by atoms with Gasteiger partial charge in [-0.15, -0.1) is 0 Å². The average molecular weight is 250 g/mol. The van der Waals surface area contributed by atoms with Gasteiger partial charge in [0.25, 0.3) is 0 Å². The van der Waals surface area contributed by atoms with Gasteiger partial charge in [-0.3, -0.25) is 4.68 Å². The third-order valence-electron chi connectivity index (χ3n) is 4.07. The van der Waals surface area contributed by atoms with Crippen LogP contribution in [0.25, 0.3) is 0 Å². The molecule has 18 heavy (non-hydrogen) atoms. The van der Waals surface area contributed by atoms with E-state index in [1.165, 1.54) is 32.1 Å². The first-order chi connectivity index (χ1) is 8.83. The van der Waals surface area contributed by atoms with E-state index in [1.807, 2.05) is 0 Å². The largest absolute Gasteiger partial charge is 0.396 e. The van der Waals surface area contributed by atoms with E-state index < -0.39 is 0 Å². The molecular weight excluding hydrogens is 224 g/mol. The van der Waals surface area contributed by atoms with Crippen molar-refractivity contribution in [2.45, 2.75) is 64.3 Å². The van der Waals surface area contributed by atoms with Gasteiger partial charge >= 0.3 is 0 Å². The number of aliphatic hydroxyl groups excluding tert-OH is 1. The molecule has 2 rings (SSSR count). The van der Waals surface area contributed by atoms with E-state index in [-0.39, 0.29) is 6.61 Å². The van der Waals surface area contributed by atoms with Crippen molar-refractivity contribution in [3.63, 3.8) is 0 Å². The Balaban J connectivity index is 1.92. The minimum Gasteiger partial charge on any atom is -0.396 e. The van der Waals surface area contributed by atoms with Crippen molar-refractivity contribution in [2.24, 2.45) is 5.92 Å². The third-order valence-corrected chi connectivity index (χ3v) is 4.07. The standard InChI is InChI=1S/C15H26N2O/c1-2-6-13(12-18)11-14-9-10-17(16-14)15-7-4-3-5-8-15/h9-10,13,15,18H,2-8,11-12H2,1H3. The van der Waals surface area contributed by atoms with Crippen molar-refractivity contribution in [1.29, 1.82) is 0 Å². The SMILES string of the molecule is CCCC(CO)Cc1ccn(C2CCCCC2)n1. The Morgan fingerprint density at radius 1 is 1.39 bits per heavy atom. The van der Waals surface area contributed by atoms with Crippen LogP contribution in [0.15, 0.2) is 12.3 Å². The van der Waals surface area contributed by atoms with Crippen LogP contribution in [0.3, 0.4) is 0 Å². The molecule has 0 aliphatic heterocycles. The summed E-state index contributed by atoms with van der Waals surface area (Å²) in [4.78, 5) is 0. The highest BCUT2D eigenvalue weighted by Crippen LogP contribution is 2.27. The van der Waals surface area contributed by atoms with Gasteiger partial charge in [-0.05, 0) is 37.7 Å². The summed E-state index contributed by atoms with van der Waals surface area (Å²) in [6, 6.07) is 2.75. The first kappa shape index (κ1) is 13.6. The number of rotatable bonds is 6. The Hall–Kier alpha value is -0.830. The third kappa shape index (κ3) is 3.58. The highest BCUT2D eigenvalue weighted by Gasteiger charge is 2.17. The zero-order valence-electron chi connectivity index (χ0n) is 11.5. The van der Waals surface area contributed by atoms with Gasteiger partial charge in [0.2, 0.25) is 0 Å². The molecule has 1 fully saturated rings. The van der Waals surface area contributed by atoms with Crippen LogP contribution in [0.4, 0.5) is 0 Å². The van der Waals surface area contributed by atoms with Crippen LogP contribution in [0, 0.1) is 5.92 Å². The lowest BCUT2D eigenvalue weighted by molar-refractivity contribution is 0.215. The Bertz CT molecular complexity index is 342. The molecule has 1 heterocycles. The van der Waals surface area contributed by atoms with Crippen molar-refractivity contribution in [2.75, 3.05) is 6.61 Å². The molecule has 102 valence electrons. The van der Waals surface area contributed by atoms with E-state index in [1.54, 1.807) is 0 Å². The number of hydrogen-bond donors (Lipinski definition) is 1. The molecule has 1 aliphatic rings. The van der Waals surface area contributed by atoms with Gasteiger partial charge in [-0.1, -0.05) is 32.6 Å². The van der Waals surface area contributed by atoms with Gasteiger partial charge in [0.1, 0.15) is 0 Å². The smallest absolute Gasteiger partial charge is 0.0628 e. The van der Waals surface area contributed by atoms with E-state index in [9.17, 15) is 5.11 Å². The predicted octanol–water partition coefficient (Wildman–Crippen LogP) is 3.34. The van der Waals surface area contributed by atoms with Crippen molar-refractivity contribution in [3.05, 3.63) is 18.0 Å². The fourth-order valence-electron chi connectivity index (χ4n) is 3.00. The van der Waals surface area contributed by atoms with Crippen LogP contribution in [0.1, 0.15) is 63.6 Å². The molecule has 1 N–H and O–H groups in total. The van der Waals surface area contributed by atoms with Gasteiger partial charge in [0, 0.05) is 12.8 Å². The number of aromatic nitrogens is 2. The number of nitrogens with zero attached hydrogens (tertiary/aromatic N) is 2. The van der Waals surface area contributed by atoms with E-state index in [2.05, 4.69) is 23.9 Å². The summed E-state index contributed by atoms with van der Waals surface area (Å²) in [5.41, 5.74) is 1.15. The lowest BCUT2D eigenvalue weighted by Crippen LogP contribution is -2.14. The van der Waals surface area contributed by atoms with E-state index in [0.717, 1.165) is 25.0 Å². The summed E-state index contributed by atoms with van der Waals surface area (Å²) in [5, 5.41) is 14.0. The topological polar surface area (TPSA) is 38.0 Å². The molecule has 1 saturated carbocycles. The molecule has 0 saturated heterocycles. The van der Waals surface area contributed by atoms with Crippen molar-refractivity contribution < 1.29 is 5.11 Å². The van der Waals surface area contributed by atoms with Gasteiger partial charge in [-0.25, -0.2) is 0 Å². The molecule has 1 aromatic rings. The summed E-state index contributed by atoms with van der Waals surface area (Å²) in [7, 11) is 0. The number of hydrogen-bond acceptors (Lipinski definition) is 2. The van der Waals surface area contributed by atoms with Crippen LogP contribution >= 0.6 is 0 Å². The number of aliphatic hydroxyl groups is 1. The van der Waals surface area contributed by atoms with Crippen LogP contribution in [0.2, 0.25) is 0 Å². The van der Waals surface area contributed by atoms with Crippen molar-refractivity contribution >= 4 is 0 Å². The van der Waals surface area contributed by atoms with Gasteiger partial charge in [0.05, 0.1) is 11.7 Å². The highest BCUT2D eigenvalue weighted by atomic mass is 16.3. The Morgan fingerprint density at radius 3 is 2.83 bits per heavy atom. The molecule has 0 radical (unpaired) electrons. The molecule has 1 unspecified atom stereocenters. The molecule has 0 amide bonds. The average Bonchev–Trinajstić information content (AvgIpc) is 2.88. The van der Waals surface area contributed by atoms with Crippen molar-refractivity contribution in [1.82, 2.24) is 9.78 Å². The van der Waals surface area contributed by atoms with Crippen LogP contribution in [0.5, 0.6) is 0 Å². The van der Waals surface area contributed by atoms with E-state index in [4.69, 9.17) is 5.10 Å². The normalized spacial score (nSPS) is 19.0. The van der Waals surface area contributed by atoms with Crippen LogP contribution < -0.4 is 0 Å². The van der Waals surface area contributed by atoms with Gasteiger partial charge in [-0.2, -0.15) is 5.10 Å². The maximum absolute atomic E-state index is 9.34. The maximum atomic E-state index is 9.34. The lowest BCUT2D eigenvalue weighted by Gasteiger charge is -2.21. The minimum atomic E-state index is 0.282. The molecule has 3 heteroatoms. The van der Waals surface area contributed by atoms with E-state index >= 15 is 0 Å². The molecule has 0 aromatic carbocycles. The van der Waals surface area contributed by atoms with Crippen LogP contribution in [-0.2, 0) is 6.42 Å². The molecule has 0 bridgehead atoms. The summed E-state index contributed by atoms with van der Waals surface area (Å²) >= 11 is 0. The quantitative estimate of drug-likeness (QED) is 0.841. The molecule has 1 aromatic heterocycles. The molecule has 3 nitrogen and oxygen atoms in total. The van der Waals surface area contributed by atoms with Gasteiger partial charge in [0.15, 0.2) is 0 Å². The Kier molecular flexibility index (Phi) is 5.24. The summed E-state index contributed by atoms with van der Waals surface area (Å²) in [6.45, 7) is 2.45. The molecule has 0 spiro atoms. The second-order valence-corrected chi connectivity index (χ2v) is 5.62. The Morgan fingerprint density at radius 2 is 2.17 bits per heavy atom. The second-order valence-electron chi connectivity index (χ2n) is 5.62. The lowest BCUT2D eigenvalue weighted by atomic mass is 9.96. The summed E-state index contributed by atoms with van der Waals surface area (Å²) < 4.78 is 2.16. The summed E-state index contributed by atoms with van der Waals surface area (Å²) in [5.74, 6) is 0.379. The molecule has 1 aliphatic carbocycles. The van der Waals surface area contributed by atoms with Crippen molar-refractivity contribution in [3.8, 4) is 0 Å².